The van der Waals surface area contributed by atoms with Gasteiger partial charge >= 0.3 is 22.4 Å². The van der Waals surface area contributed by atoms with Gasteiger partial charge in [-0.15, -0.1) is 42.0 Å². The minimum atomic E-state index is -0.826. The molecule has 1 aliphatic heterocycles. The van der Waals surface area contributed by atoms with E-state index in [0.717, 1.165) is 46.3 Å². The molecule has 5 aromatic carbocycles. The third kappa shape index (κ3) is 6.69. The van der Waals surface area contributed by atoms with Gasteiger partial charge in [-0.1, -0.05) is 77.9 Å². The average molecular weight is 781 g/mol. The fourth-order valence-corrected chi connectivity index (χ4v) is 4.67. The van der Waals surface area contributed by atoms with Crippen molar-refractivity contribution in [3.8, 4) is 39.9 Å². The molecule has 0 unspecified atom stereocenters. The van der Waals surface area contributed by atoms with Crippen LogP contribution in [0.3, 0.4) is 0 Å². The number of hydrogen-bond donors (Lipinski definition) is 0. The van der Waals surface area contributed by atoms with Crippen LogP contribution in [0.2, 0.25) is 0 Å². The first-order valence-electron chi connectivity index (χ1n) is 13.3. The Balaban J connectivity index is 0.000000174. The number of rotatable bonds is 3. The number of aromatic nitrogens is 1. The molecule has 6 aromatic rings. The Morgan fingerprint density at radius 2 is 1.13 bits per heavy atom. The number of ether oxygens (including phenoxy) is 1. The van der Waals surface area contributed by atoms with Crippen molar-refractivity contribution in [2.45, 2.75) is 0 Å². The fraction of sp³-hybridized carbons (Fsp3) is 0. The number of halogens is 4. The molecule has 222 valence electrons. The van der Waals surface area contributed by atoms with Gasteiger partial charge in [0.05, 0.1) is 11.4 Å². The van der Waals surface area contributed by atoms with Crippen LogP contribution in [0.25, 0.3) is 22.5 Å². The summed E-state index contributed by atoms with van der Waals surface area (Å²) in [4.78, 5) is 6.28. The third-order valence-corrected chi connectivity index (χ3v) is 6.68. The molecule has 45 heavy (non-hydrogen) atoms. The van der Waals surface area contributed by atoms with Crippen LogP contribution in [0.1, 0.15) is 5.56 Å². The van der Waals surface area contributed by atoms with Crippen LogP contribution >= 0.6 is 0 Å². The van der Waals surface area contributed by atoms with E-state index in [1.54, 1.807) is 0 Å². The van der Waals surface area contributed by atoms with Gasteiger partial charge in [0, 0.05) is 29.0 Å². The molecule has 0 N–H and O–H groups in total. The van der Waals surface area contributed by atoms with Gasteiger partial charge < -0.3 is 21.0 Å². The maximum Gasteiger partial charge on any atom is 3.00 e. The minimum absolute atomic E-state index is 0. The first-order valence-corrected chi connectivity index (χ1v) is 13.3. The predicted molar refractivity (Wildman–Crippen MR) is 160 cm³/mol. The van der Waals surface area contributed by atoms with E-state index < -0.39 is 23.3 Å². The van der Waals surface area contributed by atoms with Crippen molar-refractivity contribution in [1.82, 2.24) is 4.98 Å². The van der Waals surface area contributed by atoms with Crippen LogP contribution in [0.4, 0.5) is 34.6 Å². The summed E-state index contributed by atoms with van der Waals surface area (Å²) in [5, 5.41) is 0. The maximum absolute atomic E-state index is 13.8. The molecule has 2 heterocycles. The molecule has 1 aliphatic rings. The van der Waals surface area contributed by atoms with Gasteiger partial charge in [0.2, 0.25) is 0 Å². The number of fused-ring (bicyclic) bond motifs is 2. The molecule has 0 saturated carbocycles. The van der Waals surface area contributed by atoms with E-state index in [1.807, 2.05) is 72.8 Å². The Bertz CT molecular complexity index is 1910. The van der Waals surface area contributed by atoms with Crippen molar-refractivity contribution in [2.75, 3.05) is 4.90 Å². The quantitative estimate of drug-likeness (QED) is 0.0774. The standard InChI is InChI=1S/C20H12NO.C17H7F4N.Au/c1-2-15-11-13-16(14-12-15)21-17-7-3-5-9-19(17)22-20-10-6-4-8-18(20)21;18-10-4-6-12(14(20)8-10)16-2-1-3-17(22-16)13-7-5-11(19)9-15(13)21;/h3-14H;1-5,8-9H;/q-1;-2;+3. The molecular formula is C37H19AuF4N2O. The van der Waals surface area contributed by atoms with Gasteiger partial charge in [-0.25, -0.2) is 0 Å². The largest absolute Gasteiger partial charge is 3.00 e. The van der Waals surface area contributed by atoms with Crippen molar-refractivity contribution in [1.29, 1.82) is 0 Å². The summed E-state index contributed by atoms with van der Waals surface area (Å²) in [6.45, 7) is 0. The number of hydrogen-bond acceptors (Lipinski definition) is 3. The first-order chi connectivity index (χ1) is 21.4. The third-order valence-electron chi connectivity index (χ3n) is 6.68. The van der Waals surface area contributed by atoms with Crippen molar-refractivity contribution < 1.29 is 44.7 Å². The van der Waals surface area contributed by atoms with Crippen LogP contribution in [0.15, 0.2) is 115 Å². The summed E-state index contributed by atoms with van der Waals surface area (Å²) >= 11 is 0. The topological polar surface area (TPSA) is 25.4 Å². The van der Waals surface area contributed by atoms with Gasteiger partial charge in [-0.3, -0.25) is 23.5 Å². The van der Waals surface area contributed by atoms with Gasteiger partial charge in [0.1, 0.15) is 0 Å². The average Bonchev–Trinajstić information content (AvgIpc) is 3.04. The zero-order valence-electron chi connectivity index (χ0n) is 23.1. The monoisotopic (exact) mass is 780 g/mol. The van der Waals surface area contributed by atoms with Crippen molar-refractivity contribution >= 4 is 17.1 Å². The molecule has 7 rings (SSSR count). The molecule has 0 amide bonds. The van der Waals surface area contributed by atoms with E-state index in [0.29, 0.717) is 12.1 Å². The zero-order chi connectivity index (χ0) is 30.6. The Kier molecular flexibility index (Phi) is 9.50. The van der Waals surface area contributed by atoms with Crippen LogP contribution in [-0.4, -0.2) is 4.98 Å². The summed E-state index contributed by atoms with van der Waals surface area (Å²) in [6.07, 6.45) is 7.21. The van der Waals surface area contributed by atoms with E-state index in [4.69, 9.17) is 11.2 Å². The zero-order valence-corrected chi connectivity index (χ0v) is 25.3. The second-order valence-electron chi connectivity index (χ2n) is 9.53. The number of anilines is 3. The van der Waals surface area contributed by atoms with Gasteiger partial charge in [-0.05, 0) is 35.7 Å². The second kappa shape index (κ2) is 13.7. The first kappa shape index (κ1) is 31.3. The molecule has 8 heteroatoms. The van der Waals surface area contributed by atoms with Crippen molar-refractivity contribution in [3.05, 3.63) is 163 Å². The van der Waals surface area contributed by atoms with E-state index in [9.17, 15) is 17.6 Å². The Hall–Kier alpha value is -5.13. The summed E-state index contributed by atoms with van der Waals surface area (Å²) in [7, 11) is 0. The molecule has 0 atom stereocenters. The van der Waals surface area contributed by atoms with E-state index in [-0.39, 0.29) is 44.9 Å². The fourth-order valence-electron chi connectivity index (χ4n) is 4.67. The van der Waals surface area contributed by atoms with Crippen molar-refractivity contribution in [3.63, 3.8) is 0 Å². The molecule has 0 spiro atoms. The van der Waals surface area contributed by atoms with Gasteiger partial charge in [0.25, 0.3) is 0 Å². The summed E-state index contributed by atoms with van der Waals surface area (Å²) in [5.41, 5.74) is 4.05. The molecule has 0 aliphatic carbocycles. The molecule has 1 aromatic heterocycles. The number of nitrogens with zero attached hydrogens (tertiary/aromatic N) is 2. The SMILES string of the molecule is Fc1c[c-]c(-c2cccc(-c3[c-]cc(F)cc3F)n2)c(F)c1.[Au+3].[C-]#Cc1ccc(N2c3ccccc3Oc3ccccc32)cc1. The summed E-state index contributed by atoms with van der Waals surface area (Å²) < 4.78 is 59.3. The molecule has 0 radical (unpaired) electrons. The Morgan fingerprint density at radius 3 is 1.60 bits per heavy atom. The van der Waals surface area contributed by atoms with Gasteiger partial charge in [-0.2, -0.15) is 0 Å². The predicted octanol–water partition coefficient (Wildman–Crippen LogP) is 9.77. The Labute approximate surface area is 273 Å². The summed E-state index contributed by atoms with van der Waals surface area (Å²) in [6, 6.07) is 36.5. The van der Waals surface area contributed by atoms with Crippen LogP contribution in [0.5, 0.6) is 11.5 Å². The summed E-state index contributed by atoms with van der Waals surface area (Å²) in [5.74, 6) is 0.916. The van der Waals surface area contributed by atoms with E-state index in [1.165, 1.54) is 18.2 Å². The van der Waals surface area contributed by atoms with Crippen LogP contribution < -0.4 is 9.64 Å². The maximum atomic E-state index is 13.8. The number of para-hydroxylation sites is 4. The molecule has 0 saturated heterocycles. The molecular weight excluding hydrogens is 761 g/mol. The normalized spacial score (nSPS) is 11.0. The number of benzene rings is 5. The van der Waals surface area contributed by atoms with Crippen LogP contribution in [-0.2, 0) is 22.4 Å². The smallest absolute Gasteiger partial charge is 0.453 e. The Morgan fingerprint density at radius 1 is 0.644 bits per heavy atom. The minimum Gasteiger partial charge on any atom is -0.453 e. The van der Waals surface area contributed by atoms with E-state index in [2.05, 4.69) is 27.9 Å². The molecule has 0 fully saturated rings. The van der Waals surface area contributed by atoms with E-state index >= 15 is 0 Å². The molecule has 3 nitrogen and oxygen atoms in total. The molecule has 0 bridgehead atoms. The van der Waals surface area contributed by atoms with Crippen molar-refractivity contribution in [2.24, 2.45) is 0 Å². The number of pyridine rings is 1. The second-order valence-corrected chi connectivity index (χ2v) is 9.53. The van der Waals surface area contributed by atoms with Crippen LogP contribution in [0, 0.1) is 47.7 Å². The van der Waals surface area contributed by atoms with Gasteiger partial charge in [0.15, 0.2) is 11.5 Å².